The first kappa shape index (κ1) is 13.8. The summed E-state index contributed by atoms with van der Waals surface area (Å²) >= 11 is 0. The molecule has 8 heteroatoms. The molecule has 0 aromatic carbocycles. The number of nitrogens with zero attached hydrogens (tertiary/aromatic N) is 3. The minimum atomic E-state index is -0.517. The summed E-state index contributed by atoms with van der Waals surface area (Å²) in [5.74, 6) is 0.0632. The van der Waals surface area contributed by atoms with E-state index in [2.05, 4.69) is 15.5 Å². The molecule has 0 aliphatic heterocycles. The van der Waals surface area contributed by atoms with Crippen molar-refractivity contribution in [2.75, 3.05) is 5.32 Å². The molecule has 0 saturated heterocycles. The van der Waals surface area contributed by atoms with Gasteiger partial charge in [0.2, 0.25) is 0 Å². The van der Waals surface area contributed by atoms with Crippen LogP contribution in [-0.2, 0) is 0 Å². The zero-order valence-electron chi connectivity index (χ0n) is 11.4. The molecule has 0 unspecified atom stereocenters. The highest BCUT2D eigenvalue weighted by molar-refractivity contribution is 6.03. The van der Waals surface area contributed by atoms with E-state index in [4.69, 9.17) is 0 Å². The second-order valence-corrected chi connectivity index (χ2v) is 4.72. The molecule has 0 saturated carbocycles. The molecule has 20 heavy (non-hydrogen) atoms. The zero-order chi connectivity index (χ0) is 14.9. The highest BCUT2D eigenvalue weighted by Crippen LogP contribution is 2.22. The lowest BCUT2D eigenvalue weighted by molar-refractivity contribution is -0.384. The van der Waals surface area contributed by atoms with Crippen LogP contribution >= 0.6 is 0 Å². The van der Waals surface area contributed by atoms with Crippen LogP contribution < -0.4 is 5.32 Å². The van der Waals surface area contributed by atoms with Crippen LogP contribution in [0.2, 0.25) is 0 Å². The summed E-state index contributed by atoms with van der Waals surface area (Å²) in [7, 11) is 0. The summed E-state index contributed by atoms with van der Waals surface area (Å²) in [6, 6.07) is 1.20. The van der Waals surface area contributed by atoms with E-state index in [9.17, 15) is 14.9 Å². The molecule has 2 rings (SSSR count). The van der Waals surface area contributed by atoms with E-state index in [-0.39, 0.29) is 17.4 Å². The number of hydrogen-bond donors (Lipinski definition) is 2. The Morgan fingerprint density at radius 3 is 2.75 bits per heavy atom. The maximum atomic E-state index is 12.2. The van der Waals surface area contributed by atoms with Crippen molar-refractivity contribution in [1.29, 1.82) is 0 Å². The van der Waals surface area contributed by atoms with E-state index in [1.165, 1.54) is 12.3 Å². The molecule has 106 valence electrons. The lowest BCUT2D eigenvalue weighted by atomic mass is 10.3. The second kappa shape index (κ2) is 5.16. The van der Waals surface area contributed by atoms with Crippen molar-refractivity contribution < 1.29 is 9.72 Å². The van der Waals surface area contributed by atoms with E-state index in [0.717, 1.165) is 5.56 Å². The highest BCUT2D eigenvalue weighted by Gasteiger charge is 2.21. The summed E-state index contributed by atoms with van der Waals surface area (Å²) in [4.78, 5) is 22.5. The Balaban J connectivity index is 2.33. The van der Waals surface area contributed by atoms with Crippen LogP contribution in [0.15, 0.2) is 18.5 Å². The molecule has 0 aliphatic rings. The van der Waals surface area contributed by atoms with Crippen LogP contribution in [-0.4, -0.2) is 25.6 Å². The number of H-pyrrole nitrogens is 1. The summed E-state index contributed by atoms with van der Waals surface area (Å²) in [5.41, 5.74) is 0.918. The Labute approximate surface area is 114 Å². The molecular weight excluding hydrogens is 262 g/mol. The molecule has 2 heterocycles. The largest absolute Gasteiger partial charge is 0.335 e. The van der Waals surface area contributed by atoms with Crippen molar-refractivity contribution in [3.8, 4) is 0 Å². The van der Waals surface area contributed by atoms with Crippen molar-refractivity contribution >= 4 is 17.4 Å². The van der Waals surface area contributed by atoms with E-state index < -0.39 is 10.8 Å². The van der Waals surface area contributed by atoms with Gasteiger partial charge in [0.15, 0.2) is 0 Å². The molecule has 0 radical (unpaired) electrons. The van der Waals surface area contributed by atoms with Crippen LogP contribution in [0.4, 0.5) is 11.5 Å². The average molecular weight is 277 g/mol. The Morgan fingerprint density at radius 2 is 2.25 bits per heavy atom. The van der Waals surface area contributed by atoms with Gasteiger partial charge in [-0.1, -0.05) is 0 Å². The molecule has 2 aromatic rings. The fraction of sp³-hybridized carbons (Fsp3) is 0.333. The molecule has 0 bridgehead atoms. The molecule has 0 fully saturated rings. The van der Waals surface area contributed by atoms with E-state index in [0.29, 0.717) is 5.82 Å². The fourth-order valence-corrected chi connectivity index (χ4v) is 1.82. The van der Waals surface area contributed by atoms with E-state index in [1.807, 2.05) is 13.8 Å². The molecule has 0 spiro atoms. The SMILES string of the molecule is Cc1cn[nH]c1NC(=O)c1cc([N+](=O)[O-])cn1C(C)C. The summed E-state index contributed by atoms with van der Waals surface area (Å²) < 4.78 is 1.57. The molecular formula is C12H15N5O3. The van der Waals surface area contributed by atoms with Gasteiger partial charge in [-0.05, 0) is 20.8 Å². The van der Waals surface area contributed by atoms with Gasteiger partial charge < -0.3 is 9.88 Å². The lowest BCUT2D eigenvalue weighted by Gasteiger charge is -2.11. The predicted octanol–water partition coefficient (Wildman–Crippen LogP) is 2.26. The number of amides is 1. The first-order valence-electron chi connectivity index (χ1n) is 6.07. The Bertz CT molecular complexity index is 656. The van der Waals surface area contributed by atoms with Crippen LogP contribution in [0.25, 0.3) is 0 Å². The van der Waals surface area contributed by atoms with Gasteiger partial charge in [0, 0.05) is 17.7 Å². The van der Waals surface area contributed by atoms with Crippen molar-refractivity contribution in [2.24, 2.45) is 0 Å². The zero-order valence-corrected chi connectivity index (χ0v) is 11.4. The topological polar surface area (TPSA) is 106 Å². The summed E-state index contributed by atoms with van der Waals surface area (Å²) in [6.45, 7) is 5.49. The van der Waals surface area contributed by atoms with Crippen molar-refractivity contribution in [2.45, 2.75) is 26.8 Å². The van der Waals surface area contributed by atoms with Crippen LogP contribution in [0.5, 0.6) is 0 Å². The van der Waals surface area contributed by atoms with Crippen LogP contribution in [0, 0.1) is 17.0 Å². The van der Waals surface area contributed by atoms with Gasteiger partial charge in [-0.2, -0.15) is 5.10 Å². The Morgan fingerprint density at radius 1 is 1.55 bits per heavy atom. The van der Waals surface area contributed by atoms with Gasteiger partial charge in [-0.25, -0.2) is 0 Å². The monoisotopic (exact) mass is 277 g/mol. The number of aromatic nitrogens is 3. The first-order valence-corrected chi connectivity index (χ1v) is 6.07. The lowest BCUT2D eigenvalue weighted by Crippen LogP contribution is -2.18. The predicted molar refractivity (Wildman–Crippen MR) is 72.7 cm³/mol. The third-order valence-electron chi connectivity index (χ3n) is 2.90. The van der Waals surface area contributed by atoms with E-state index in [1.54, 1.807) is 17.7 Å². The average Bonchev–Trinajstić information content (AvgIpc) is 2.96. The van der Waals surface area contributed by atoms with Gasteiger partial charge in [-0.15, -0.1) is 0 Å². The molecule has 2 N–H and O–H groups in total. The number of aryl methyl sites for hydroxylation is 1. The third kappa shape index (κ3) is 2.53. The van der Waals surface area contributed by atoms with Crippen LogP contribution in [0.1, 0.15) is 35.9 Å². The minimum absolute atomic E-state index is 0.0627. The summed E-state index contributed by atoms with van der Waals surface area (Å²) in [5, 5.41) is 19.9. The minimum Gasteiger partial charge on any atom is -0.335 e. The van der Waals surface area contributed by atoms with Crippen molar-refractivity contribution in [1.82, 2.24) is 14.8 Å². The number of rotatable bonds is 4. The molecule has 0 atom stereocenters. The number of nitro groups is 1. The maximum Gasteiger partial charge on any atom is 0.287 e. The Hall–Kier alpha value is -2.64. The molecule has 0 aliphatic carbocycles. The number of aromatic amines is 1. The number of anilines is 1. The quantitative estimate of drug-likeness (QED) is 0.660. The summed E-state index contributed by atoms with van der Waals surface area (Å²) in [6.07, 6.45) is 2.94. The Kier molecular flexibility index (Phi) is 3.55. The number of nitrogens with one attached hydrogen (secondary N) is 2. The fourth-order valence-electron chi connectivity index (χ4n) is 1.82. The molecule has 2 aromatic heterocycles. The number of hydrogen-bond acceptors (Lipinski definition) is 4. The van der Waals surface area contributed by atoms with Gasteiger partial charge in [0.1, 0.15) is 11.5 Å². The van der Waals surface area contributed by atoms with Gasteiger partial charge in [0.25, 0.3) is 11.6 Å². The van der Waals surface area contributed by atoms with E-state index >= 15 is 0 Å². The number of carbonyl (C=O) groups is 1. The smallest absolute Gasteiger partial charge is 0.287 e. The standard InChI is InChI=1S/C12H15N5O3/c1-7(2)16-6-9(17(19)20)4-10(16)12(18)14-11-8(3)5-13-15-11/h4-7H,1-3H3,(H2,13,14,15,18). The normalized spacial score (nSPS) is 10.8. The second-order valence-electron chi connectivity index (χ2n) is 4.72. The molecule has 1 amide bonds. The van der Waals surface area contributed by atoms with Crippen LogP contribution in [0.3, 0.4) is 0 Å². The van der Waals surface area contributed by atoms with Crippen molar-refractivity contribution in [3.05, 3.63) is 39.8 Å². The van der Waals surface area contributed by atoms with Gasteiger partial charge in [-0.3, -0.25) is 20.0 Å². The highest BCUT2D eigenvalue weighted by atomic mass is 16.6. The number of carbonyl (C=O) groups excluding carboxylic acids is 1. The van der Waals surface area contributed by atoms with Crippen molar-refractivity contribution in [3.63, 3.8) is 0 Å². The van der Waals surface area contributed by atoms with Gasteiger partial charge in [0.05, 0.1) is 17.3 Å². The first-order chi connectivity index (χ1) is 9.40. The third-order valence-corrected chi connectivity index (χ3v) is 2.90. The molecule has 8 nitrogen and oxygen atoms in total. The van der Waals surface area contributed by atoms with Gasteiger partial charge >= 0.3 is 0 Å². The maximum absolute atomic E-state index is 12.2.